The van der Waals surface area contributed by atoms with Gasteiger partial charge in [-0.25, -0.2) is 4.98 Å². The topological polar surface area (TPSA) is 97.4 Å². The number of rotatable bonds is 4. The molecule has 30 heavy (non-hydrogen) atoms. The standard InChI is InChI=1S/C21H27ClN6O2/c1-4-7-26(3)19(29)15-5-6-16-14-8-13(10-28(16)20(15)30)9-27(11-14)18-17(22)12(2)24-21(23)25-18/h5-6,13-14H,4,7-11H2,1-3H3,(H2,23,24,25)/t13-,14+/m0/s1. The average molecular weight is 431 g/mol. The van der Waals surface area contributed by atoms with E-state index in [0.717, 1.165) is 25.1 Å². The molecule has 0 spiro atoms. The van der Waals surface area contributed by atoms with Gasteiger partial charge in [0.25, 0.3) is 11.5 Å². The number of piperidine rings is 1. The molecule has 2 aliphatic heterocycles. The lowest BCUT2D eigenvalue weighted by atomic mass is 9.83. The van der Waals surface area contributed by atoms with Gasteiger partial charge in [-0.3, -0.25) is 9.59 Å². The van der Waals surface area contributed by atoms with Gasteiger partial charge in [-0.2, -0.15) is 4.98 Å². The number of anilines is 2. The largest absolute Gasteiger partial charge is 0.368 e. The Hall–Kier alpha value is -2.61. The molecule has 1 fully saturated rings. The highest BCUT2D eigenvalue weighted by Crippen LogP contribution is 2.38. The van der Waals surface area contributed by atoms with Crippen LogP contribution in [0.15, 0.2) is 16.9 Å². The lowest BCUT2D eigenvalue weighted by Crippen LogP contribution is -2.48. The zero-order chi connectivity index (χ0) is 21.6. The number of amides is 1. The van der Waals surface area contributed by atoms with Crippen LogP contribution in [0.2, 0.25) is 5.02 Å². The first-order valence-electron chi connectivity index (χ1n) is 10.3. The van der Waals surface area contributed by atoms with E-state index in [9.17, 15) is 9.59 Å². The fourth-order valence-electron chi connectivity index (χ4n) is 4.70. The first kappa shape index (κ1) is 20.7. The Labute approximate surface area is 180 Å². The number of nitrogens with two attached hydrogens (primary N) is 1. The fourth-order valence-corrected chi connectivity index (χ4v) is 4.90. The molecule has 4 heterocycles. The zero-order valence-electron chi connectivity index (χ0n) is 17.6. The predicted molar refractivity (Wildman–Crippen MR) is 117 cm³/mol. The predicted octanol–water partition coefficient (Wildman–Crippen LogP) is 2.29. The molecule has 0 unspecified atom stereocenters. The summed E-state index contributed by atoms with van der Waals surface area (Å²) in [6, 6.07) is 3.61. The molecule has 2 atom stereocenters. The Bertz CT molecular complexity index is 1050. The van der Waals surface area contributed by atoms with E-state index in [1.165, 1.54) is 0 Å². The maximum atomic E-state index is 13.1. The summed E-state index contributed by atoms with van der Waals surface area (Å²) in [4.78, 5) is 38.1. The number of fused-ring (bicyclic) bond motifs is 4. The van der Waals surface area contributed by atoms with E-state index in [-0.39, 0.29) is 34.8 Å². The molecule has 1 amide bonds. The summed E-state index contributed by atoms with van der Waals surface area (Å²) in [7, 11) is 1.74. The molecule has 2 aliphatic rings. The van der Waals surface area contributed by atoms with E-state index in [4.69, 9.17) is 17.3 Å². The first-order valence-corrected chi connectivity index (χ1v) is 10.7. The Morgan fingerprint density at radius 1 is 1.30 bits per heavy atom. The van der Waals surface area contributed by atoms with E-state index >= 15 is 0 Å². The van der Waals surface area contributed by atoms with Crippen LogP contribution in [-0.4, -0.2) is 52.0 Å². The first-order chi connectivity index (χ1) is 14.3. The summed E-state index contributed by atoms with van der Waals surface area (Å²) in [5.74, 6) is 1.07. The number of carbonyl (C=O) groups excluding carboxylic acids is 1. The van der Waals surface area contributed by atoms with E-state index in [1.54, 1.807) is 22.6 Å². The maximum absolute atomic E-state index is 13.1. The number of pyridine rings is 1. The van der Waals surface area contributed by atoms with Crippen molar-refractivity contribution in [3.05, 3.63) is 44.5 Å². The second-order valence-corrected chi connectivity index (χ2v) is 8.70. The van der Waals surface area contributed by atoms with Crippen molar-refractivity contribution < 1.29 is 4.79 Å². The van der Waals surface area contributed by atoms with Gasteiger partial charge in [0.2, 0.25) is 5.95 Å². The summed E-state index contributed by atoms with van der Waals surface area (Å²) in [6.07, 6.45) is 1.85. The van der Waals surface area contributed by atoms with Gasteiger partial charge >= 0.3 is 0 Å². The maximum Gasteiger partial charge on any atom is 0.263 e. The third-order valence-corrected chi connectivity index (χ3v) is 6.50. The third-order valence-electron chi connectivity index (χ3n) is 6.06. The Kier molecular flexibility index (Phi) is 5.44. The van der Waals surface area contributed by atoms with Crippen molar-refractivity contribution in [1.82, 2.24) is 19.4 Å². The summed E-state index contributed by atoms with van der Waals surface area (Å²) < 4.78 is 1.80. The third kappa shape index (κ3) is 3.53. The molecule has 8 nitrogen and oxygen atoms in total. The second-order valence-electron chi connectivity index (χ2n) is 8.32. The van der Waals surface area contributed by atoms with Crippen LogP contribution < -0.4 is 16.2 Å². The summed E-state index contributed by atoms with van der Waals surface area (Å²) in [6.45, 7) is 6.45. The van der Waals surface area contributed by atoms with E-state index in [0.29, 0.717) is 36.2 Å². The average Bonchev–Trinajstić information content (AvgIpc) is 2.71. The number of hydrogen-bond donors (Lipinski definition) is 1. The van der Waals surface area contributed by atoms with Crippen molar-refractivity contribution in [2.75, 3.05) is 37.3 Å². The Morgan fingerprint density at radius 2 is 2.07 bits per heavy atom. The quantitative estimate of drug-likeness (QED) is 0.799. The molecule has 9 heteroatoms. The molecular weight excluding hydrogens is 404 g/mol. The molecule has 160 valence electrons. The fraction of sp³-hybridized carbons (Fsp3) is 0.524. The van der Waals surface area contributed by atoms with Crippen molar-refractivity contribution in [1.29, 1.82) is 0 Å². The minimum absolute atomic E-state index is 0.162. The number of nitrogens with zero attached hydrogens (tertiary/aromatic N) is 5. The monoisotopic (exact) mass is 430 g/mol. The normalized spacial score (nSPS) is 20.1. The number of nitrogen functional groups attached to an aromatic ring is 1. The van der Waals surface area contributed by atoms with E-state index in [2.05, 4.69) is 14.9 Å². The minimum atomic E-state index is -0.215. The van der Waals surface area contributed by atoms with Gasteiger partial charge in [0.15, 0.2) is 5.82 Å². The molecular formula is C21H27ClN6O2. The van der Waals surface area contributed by atoms with Gasteiger partial charge < -0.3 is 20.1 Å². The van der Waals surface area contributed by atoms with Gasteiger partial charge in [-0.15, -0.1) is 0 Å². The molecule has 0 saturated carbocycles. The minimum Gasteiger partial charge on any atom is -0.368 e. The van der Waals surface area contributed by atoms with Gasteiger partial charge in [-0.05, 0) is 37.8 Å². The van der Waals surface area contributed by atoms with Crippen LogP contribution >= 0.6 is 11.6 Å². The van der Waals surface area contributed by atoms with Crippen molar-refractivity contribution in [2.24, 2.45) is 5.92 Å². The zero-order valence-corrected chi connectivity index (χ0v) is 18.3. The number of carbonyl (C=O) groups is 1. The molecule has 0 aliphatic carbocycles. The highest BCUT2D eigenvalue weighted by atomic mass is 35.5. The molecule has 2 N–H and O–H groups in total. The van der Waals surface area contributed by atoms with Gasteiger partial charge in [0.05, 0.1) is 5.69 Å². The van der Waals surface area contributed by atoms with Crippen LogP contribution in [0, 0.1) is 12.8 Å². The molecule has 2 aromatic rings. The molecule has 2 aromatic heterocycles. The van der Waals surface area contributed by atoms with Gasteiger partial charge in [-0.1, -0.05) is 18.5 Å². The molecule has 1 saturated heterocycles. The number of halogens is 1. The van der Waals surface area contributed by atoms with Crippen LogP contribution in [0.5, 0.6) is 0 Å². The number of hydrogen-bond acceptors (Lipinski definition) is 6. The summed E-state index contributed by atoms with van der Waals surface area (Å²) >= 11 is 6.47. The lowest BCUT2D eigenvalue weighted by Gasteiger charge is -2.43. The van der Waals surface area contributed by atoms with Crippen LogP contribution in [-0.2, 0) is 6.54 Å². The van der Waals surface area contributed by atoms with E-state index < -0.39 is 0 Å². The second kappa shape index (κ2) is 7.91. The van der Waals surface area contributed by atoms with Crippen molar-refractivity contribution in [3.8, 4) is 0 Å². The summed E-state index contributed by atoms with van der Waals surface area (Å²) in [5, 5.41) is 0.515. The molecule has 0 radical (unpaired) electrons. The van der Waals surface area contributed by atoms with Gasteiger partial charge in [0.1, 0.15) is 10.6 Å². The van der Waals surface area contributed by atoms with Gasteiger partial charge in [0, 0.05) is 44.8 Å². The molecule has 0 aromatic carbocycles. The van der Waals surface area contributed by atoms with Crippen LogP contribution in [0.1, 0.15) is 47.4 Å². The highest BCUT2D eigenvalue weighted by molar-refractivity contribution is 6.33. The van der Waals surface area contributed by atoms with Crippen molar-refractivity contribution >= 4 is 29.3 Å². The Morgan fingerprint density at radius 3 is 2.80 bits per heavy atom. The van der Waals surface area contributed by atoms with E-state index in [1.807, 2.05) is 19.9 Å². The smallest absolute Gasteiger partial charge is 0.263 e. The van der Waals surface area contributed by atoms with Crippen LogP contribution in [0.4, 0.5) is 11.8 Å². The van der Waals surface area contributed by atoms with Crippen LogP contribution in [0.3, 0.4) is 0 Å². The Balaban J connectivity index is 1.66. The van der Waals surface area contributed by atoms with Crippen molar-refractivity contribution in [2.45, 2.75) is 39.2 Å². The lowest BCUT2D eigenvalue weighted by molar-refractivity contribution is 0.0792. The van der Waals surface area contributed by atoms with Crippen molar-refractivity contribution in [3.63, 3.8) is 0 Å². The number of aryl methyl sites for hydroxylation is 1. The number of aromatic nitrogens is 3. The van der Waals surface area contributed by atoms with Crippen LogP contribution in [0.25, 0.3) is 0 Å². The summed E-state index contributed by atoms with van der Waals surface area (Å²) in [5.41, 5.74) is 7.52. The molecule has 2 bridgehead atoms. The highest BCUT2D eigenvalue weighted by Gasteiger charge is 2.37. The SMILES string of the molecule is CCCN(C)C(=O)c1ccc2n(c1=O)C[C@H]1C[C@@H]2CN(c2nc(N)nc(C)c2Cl)C1. The molecule has 4 rings (SSSR count).